The molecule has 0 fully saturated rings. The summed E-state index contributed by atoms with van der Waals surface area (Å²) < 4.78 is 0. The Labute approximate surface area is 180 Å². The molecule has 0 bridgehead atoms. The van der Waals surface area contributed by atoms with Gasteiger partial charge in [-0.05, 0) is 90.6 Å². The molecule has 4 heteroatoms. The number of carbonyl (C=O) groups excluding carboxylic acids is 3. The minimum Gasteiger partial charge on any atom is -0.311 e. The van der Waals surface area contributed by atoms with E-state index in [0.717, 1.165) is 33.8 Å². The lowest BCUT2D eigenvalue weighted by molar-refractivity contribution is -0.104. The molecule has 0 saturated heterocycles. The van der Waals surface area contributed by atoms with Crippen molar-refractivity contribution in [3.8, 4) is 35.5 Å². The Morgan fingerprint density at radius 1 is 0.452 bits per heavy atom. The third-order valence-electron chi connectivity index (χ3n) is 4.20. The fraction of sp³-hybridized carbons (Fsp3) is 0. The van der Waals surface area contributed by atoms with E-state index >= 15 is 0 Å². The van der Waals surface area contributed by atoms with Gasteiger partial charge in [-0.25, -0.2) is 0 Å². The van der Waals surface area contributed by atoms with Crippen LogP contribution >= 0.6 is 0 Å². The van der Waals surface area contributed by atoms with E-state index in [1.807, 2.05) is 77.7 Å². The van der Waals surface area contributed by atoms with E-state index in [4.69, 9.17) is 0 Å². The third-order valence-corrected chi connectivity index (χ3v) is 4.20. The van der Waals surface area contributed by atoms with Crippen molar-refractivity contribution >= 4 is 35.9 Å². The van der Waals surface area contributed by atoms with Gasteiger partial charge in [-0.3, -0.25) is 14.4 Å². The van der Waals surface area contributed by atoms with Gasteiger partial charge in [0.2, 0.25) is 0 Å². The predicted octanol–water partition coefficient (Wildman–Crippen LogP) is 3.81. The maximum absolute atomic E-state index is 10.5. The first-order valence-corrected chi connectivity index (χ1v) is 9.21. The van der Waals surface area contributed by atoms with Gasteiger partial charge in [-0.2, -0.15) is 0 Å². The van der Waals surface area contributed by atoms with E-state index in [9.17, 15) is 14.4 Å². The second-order valence-electron chi connectivity index (χ2n) is 6.14. The monoisotopic (exact) mass is 401 g/mol. The highest BCUT2D eigenvalue weighted by Gasteiger charge is 2.12. The number of hydrogen-bond acceptors (Lipinski definition) is 4. The molecule has 0 heterocycles. The average Bonchev–Trinajstić information content (AvgIpc) is 2.82. The van der Waals surface area contributed by atoms with Crippen molar-refractivity contribution in [1.82, 2.24) is 0 Å². The van der Waals surface area contributed by atoms with E-state index in [1.165, 1.54) is 0 Å². The second-order valence-corrected chi connectivity index (χ2v) is 6.14. The summed E-state index contributed by atoms with van der Waals surface area (Å²) in [5.41, 5.74) is 4.85. The molecule has 3 aromatic carbocycles. The first-order chi connectivity index (χ1) is 15.2. The molecule has 4 nitrogen and oxygen atoms in total. The van der Waals surface area contributed by atoms with Crippen LogP contribution in [0, 0.1) is 35.5 Å². The van der Waals surface area contributed by atoms with Gasteiger partial charge in [0.05, 0.1) is 0 Å². The highest BCUT2D eigenvalue weighted by Crippen LogP contribution is 2.34. The Morgan fingerprint density at radius 2 is 0.710 bits per heavy atom. The van der Waals surface area contributed by atoms with Crippen LogP contribution < -0.4 is 4.90 Å². The normalized spacial score (nSPS) is 8.90. The Kier molecular flexibility index (Phi) is 7.16. The zero-order valence-electron chi connectivity index (χ0n) is 16.3. The molecule has 146 valence electrons. The molecular formula is C27H15NO3. The smallest absolute Gasteiger partial charge is 0.193 e. The van der Waals surface area contributed by atoms with Gasteiger partial charge < -0.3 is 4.90 Å². The molecule has 0 unspecified atom stereocenters. The van der Waals surface area contributed by atoms with Crippen LogP contribution in [0.1, 0.15) is 16.7 Å². The molecule has 0 aliphatic heterocycles. The van der Waals surface area contributed by atoms with Crippen LogP contribution in [-0.2, 0) is 14.4 Å². The minimum atomic E-state index is 0.560. The summed E-state index contributed by atoms with van der Waals surface area (Å²) in [6.07, 6.45) is 1.68. The molecule has 3 aromatic rings. The summed E-state index contributed by atoms with van der Waals surface area (Å²) in [6.45, 7) is 0. The second kappa shape index (κ2) is 10.6. The first kappa shape index (κ1) is 20.9. The van der Waals surface area contributed by atoms with E-state index in [2.05, 4.69) is 35.5 Å². The van der Waals surface area contributed by atoms with Crippen LogP contribution in [0.3, 0.4) is 0 Å². The molecule has 3 rings (SSSR count). The number of benzene rings is 3. The molecular weight excluding hydrogens is 386 g/mol. The maximum atomic E-state index is 10.5. The summed E-state index contributed by atoms with van der Waals surface area (Å²) in [5, 5.41) is 0. The number of aldehydes is 3. The number of nitrogens with zero attached hydrogens (tertiary/aromatic N) is 1. The van der Waals surface area contributed by atoms with Gasteiger partial charge in [0.15, 0.2) is 18.9 Å². The molecule has 0 aliphatic carbocycles. The van der Waals surface area contributed by atoms with Crippen LogP contribution in [-0.4, -0.2) is 18.9 Å². The minimum absolute atomic E-state index is 0.560. The number of rotatable bonds is 3. The number of hydrogen-bond donors (Lipinski definition) is 0. The van der Waals surface area contributed by atoms with Crippen LogP contribution in [0.5, 0.6) is 0 Å². The standard InChI is InChI=1S/C27H15NO3/c29-19-1-4-22-7-13-25(14-8-22)28(26-15-9-23(10-16-26)5-2-20-30)27-17-11-24(12-18-27)6-3-21-31/h7-21H. The SMILES string of the molecule is O=CC#Cc1ccc(N(c2ccc(C#CC=O)cc2)c2ccc(C#CC=O)cc2)cc1. The average molecular weight is 401 g/mol. The predicted molar refractivity (Wildman–Crippen MR) is 120 cm³/mol. The first-order valence-electron chi connectivity index (χ1n) is 9.21. The van der Waals surface area contributed by atoms with E-state index in [1.54, 1.807) is 0 Å². The molecule has 0 atom stereocenters. The molecule has 0 radical (unpaired) electrons. The fourth-order valence-corrected chi connectivity index (χ4v) is 2.87. The van der Waals surface area contributed by atoms with Crippen molar-refractivity contribution in [1.29, 1.82) is 0 Å². The lowest BCUT2D eigenvalue weighted by Crippen LogP contribution is -2.09. The molecule has 0 spiro atoms. The van der Waals surface area contributed by atoms with Crippen LogP contribution in [0.2, 0.25) is 0 Å². The van der Waals surface area contributed by atoms with E-state index < -0.39 is 0 Å². The van der Waals surface area contributed by atoms with E-state index in [-0.39, 0.29) is 0 Å². The fourth-order valence-electron chi connectivity index (χ4n) is 2.87. The Bertz CT molecular complexity index is 1100. The quantitative estimate of drug-likeness (QED) is 0.495. The van der Waals surface area contributed by atoms with Crippen molar-refractivity contribution in [3.63, 3.8) is 0 Å². The van der Waals surface area contributed by atoms with Crippen molar-refractivity contribution in [2.24, 2.45) is 0 Å². The molecule has 0 aromatic heterocycles. The summed E-state index contributed by atoms with van der Waals surface area (Å²) in [4.78, 5) is 33.4. The molecule has 0 N–H and O–H groups in total. The summed E-state index contributed by atoms with van der Waals surface area (Å²) in [5.74, 6) is 15.5. The van der Waals surface area contributed by atoms with Gasteiger partial charge in [-0.15, -0.1) is 0 Å². The van der Waals surface area contributed by atoms with Gasteiger partial charge in [-0.1, -0.05) is 17.8 Å². The molecule has 31 heavy (non-hydrogen) atoms. The van der Waals surface area contributed by atoms with Crippen LogP contribution in [0.25, 0.3) is 0 Å². The molecule has 0 aliphatic rings. The molecule has 0 amide bonds. The van der Waals surface area contributed by atoms with Crippen molar-refractivity contribution in [2.75, 3.05) is 4.90 Å². The maximum Gasteiger partial charge on any atom is 0.193 e. The topological polar surface area (TPSA) is 54.5 Å². The Balaban J connectivity index is 2.04. The van der Waals surface area contributed by atoms with Crippen molar-refractivity contribution < 1.29 is 14.4 Å². The number of anilines is 3. The zero-order chi connectivity index (χ0) is 21.9. The third kappa shape index (κ3) is 5.58. The van der Waals surface area contributed by atoms with Gasteiger partial charge in [0.1, 0.15) is 0 Å². The van der Waals surface area contributed by atoms with Crippen molar-refractivity contribution in [2.45, 2.75) is 0 Å². The molecule has 0 saturated carbocycles. The van der Waals surface area contributed by atoms with Crippen LogP contribution in [0.15, 0.2) is 72.8 Å². The summed E-state index contributed by atoms with van der Waals surface area (Å²) >= 11 is 0. The largest absolute Gasteiger partial charge is 0.311 e. The van der Waals surface area contributed by atoms with Crippen molar-refractivity contribution in [3.05, 3.63) is 89.5 Å². The zero-order valence-corrected chi connectivity index (χ0v) is 16.3. The van der Waals surface area contributed by atoms with Gasteiger partial charge in [0, 0.05) is 33.8 Å². The highest BCUT2D eigenvalue weighted by atomic mass is 16.1. The van der Waals surface area contributed by atoms with E-state index in [0.29, 0.717) is 18.9 Å². The number of carbonyl (C=O) groups is 3. The lowest BCUT2D eigenvalue weighted by atomic mass is 10.1. The lowest BCUT2D eigenvalue weighted by Gasteiger charge is -2.25. The summed E-state index contributed by atoms with van der Waals surface area (Å²) in [6, 6.07) is 22.5. The van der Waals surface area contributed by atoms with Crippen LogP contribution in [0.4, 0.5) is 17.1 Å². The van der Waals surface area contributed by atoms with Gasteiger partial charge >= 0.3 is 0 Å². The Morgan fingerprint density at radius 3 is 0.935 bits per heavy atom. The summed E-state index contributed by atoms with van der Waals surface area (Å²) in [7, 11) is 0. The van der Waals surface area contributed by atoms with Gasteiger partial charge in [0.25, 0.3) is 0 Å². The highest BCUT2D eigenvalue weighted by molar-refractivity contribution is 5.79. The Hall–Kier alpha value is -4.85.